The zero-order chi connectivity index (χ0) is 22.2. The van der Waals surface area contributed by atoms with Gasteiger partial charge < -0.3 is 10.2 Å². The van der Waals surface area contributed by atoms with E-state index in [9.17, 15) is 14.0 Å². The molecule has 1 unspecified atom stereocenters. The van der Waals surface area contributed by atoms with Crippen molar-refractivity contribution in [2.24, 2.45) is 0 Å². The van der Waals surface area contributed by atoms with Gasteiger partial charge in [-0.1, -0.05) is 60.9 Å². The van der Waals surface area contributed by atoms with Crippen molar-refractivity contribution in [1.29, 1.82) is 0 Å². The van der Waals surface area contributed by atoms with E-state index in [1.807, 2.05) is 31.2 Å². The van der Waals surface area contributed by atoms with Gasteiger partial charge >= 0.3 is 0 Å². The number of hydrogen-bond donors (Lipinski definition) is 1. The lowest BCUT2D eigenvalue weighted by Gasteiger charge is -2.29. The zero-order valence-corrected chi connectivity index (χ0v) is 19.1. The predicted molar refractivity (Wildman–Crippen MR) is 124 cm³/mol. The highest BCUT2D eigenvalue weighted by Gasteiger charge is 2.28. The second kappa shape index (κ2) is 11.3. The molecule has 2 aromatic rings. The van der Waals surface area contributed by atoms with Crippen LogP contribution in [0, 0.1) is 12.7 Å². The largest absolute Gasteiger partial charge is 0.352 e. The van der Waals surface area contributed by atoms with Crippen molar-refractivity contribution in [3.05, 3.63) is 71.0 Å². The maximum atomic E-state index is 13.9. The Morgan fingerprint density at radius 1 is 1.13 bits per heavy atom. The summed E-state index contributed by atoms with van der Waals surface area (Å²) in [5, 5.41) is 3.11. The summed E-state index contributed by atoms with van der Waals surface area (Å²) >= 11 is 1.37. The third-order valence-corrected chi connectivity index (χ3v) is 6.75. The van der Waals surface area contributed by atoms with Crippen LogP contribution in [0.25, 0.3) is 0 Å². The third kappa shape index (κ3) is 6.82. The van der Waals surface area contributed by atoms with E-state index in [4.69, 9.17) is 0 Å². The van der Waals surface area contributed by atoms with E-state index in [2.05, 4.69) is 5.32 Å². The van der Waals surface area contributed by atoms with Crippen LogP contribution in [-0.2, 0) is 21.9 Å². The van der Waals surface area contributed by atoms with Crippen molar-refractivity contribution in [1.82, 2.24) is 10.2 Å². The number of aryl methyl sites for hydroxylation is 1. The lowest BCUT2D eigenvalue weighted by Crippen LogP contribution is -2.50. The molecule has 2 amide bonds. The molecule has 6 heteroatoms. The molecule has 1 saturated carbocycles. The van der Waals surface area contributed by atoms with Crippen molar-refractivity contribution >= 4 is 23.6 Å². The van der Waals surface area contributed by atoms with Crippen LogP contribution in [0.3, 0.4) is 0 Å². The van der Waals surface area contributed by atoms with Gasteiger partial charge in [0.25, 0.3) is 0 Å². The Hall–Kier alpha value is -2.34. The summed E-state index contributed by atoms with van der Waals surface area (Å²) in [7, 11) is 0. The SMILES string of the molecule is Cc1ccc(CN(C(=O)CSCc2ccccc2F)C(C)C(=O)NC2CCCC2)cc1. The number of thioether (sulfide) groups is 1. The fourth-order valence-corrected chi connectivity index (χ4v) is 4.71. The average Bonchev–Trinajstić information content (AvgIpc) is 3.27. The molecule has 0 radical (unpaired) electrons. The van der Waals surface area contributed by atoms with E-state index >= 15 is 0 Å². The zero-order valence-electron chi connectivity index (χ0n) is 18.3. The highest BCUT2D eigenvalue weighted by atomic mass is 32.2. The summed E-state index contributed by atoms with van der Waals surface area (Å²) in [6.07, 6.45) is 4.28. The molecule has 166 valence electrons. The summed E-state index contributed by atoms with van der Waals surface area (Å²) in [6.45, 7) is 4.18. The summed E-state index contributed by atoms with van der Waals surface area (Å²) < 4.78 is 13.9. The van der Waals surface area contributed by atoms with Crippen molar-refractivity contribution in [3.63, 3.8) is 0 Å². The molecule has 1 N–H and O–H groups in total. The molecule has 0 bridgehead atoms. The number of nitrogens with zero attached hydrogens (tertiary/aromatic N) is 1. The number of carbonyl (C=O) groups is 2. The van der Waals surface area contributed by atoms with Crippen LogP contribution in [0.1, 0.15) is 49.3 Å². The Morgan fingerprint density at radius 2 is 1.81 bits per heavy atom. The first-order chi connectivity index (χ1) is 14.9. The van der Waals surface area contributed by atoms with E-state index in [-0.39, 0.29) is 29.4 Å². The van der Waals surface area contributed by atoms with Gasteiger partial charge in [0.2, 0.25) is 11.8 Å². The minimum Gasteiger partial charge on any atom is -0.352 e. The van der Waals surface area contributed by atoms with Crippen LogP contribution in [0.2, 0.25) is 0 Å². The first kappa shape index (κ1) is 23.3. The average molecular weight is 443 g/mol. The molecule has 2 aromatic carbocycles. The summed E-state index contributed by atoms with van der Waals surface area (Å²) in [4.78, 5) is 27.6. The van der Waals surface area contributed by atoms with E-state index in [0.29, 0.717) is 17.9 Å². The minimum absolute atomic E-state index is 0.105. The van der Waals surface area contributed by atoms with Gasteiger partial charge in [-0.2, -0.15) is 0 Å². The molecule has 1 aliphatic rings. The fourth-order valence-electron chi connectivity index (χ4n) is 3.81. The van der Waals surface area contributed by atoms with E-state index in [1.54, 1.807) is 30.0 Å². The van der Waals surface area contributed by atoms with E-state index in [1.165, 1.54) is 17.8 Å². The second-order valence-corrected chi connectivity index (χ2v) is 9.24. The van der Waals surface area contributed by atoms with E-state index in [0.717, 1.165) is 36.8 Å². The monoisotopic (exact) mass is 442 g/mol. The van der Waals surface area contributed by atoms with Gasteiger partial charge in [0.05, 0.1) is 5.75 Å². The topological polar surface area (TPSA) is 49.4 Å². The number of rotatable bonds is 9. The van der Waals surface area contributed by atoms with Gasteiger partial charge in [-0.15, -0.1) is 11.8 Å². The molecule has 0 heterocycles. The normalized spacial score (nSPS) is 14.9. The molecule has 31 heavy (non-hydrogen) atoms. The highest BCUT2D eigenvalue weighted by molar-refractivity contribution is 7.99. The molecular weight excluding hydrogens is 411 g/mol. The van der Waals surface area contributed by atoms with E-state index < -0.39 is 6.04 Å². The van der Waals surface area contributed by atoms with Gasteiger partial charge in [0, 0.05) is 18.3 Å². The lowest BCUT2D eigenvalue weighted by atomic mass is 10.1. The molecule has 3 rings (SSSR count). The first-order valence-corrected chi connectivity index (χ1v) is 12.1. The number of benzene rings is 2. The Balaban J connectivity index is 1.65. The number of carbonyl (C=O) groups excluding carboxylic acids is 2. The van der Waals surface area contributed by atoms with Crippen molar-refractivity contribution in [3.8, 4) is 0 Å². The standard InChI is InChI=1S/C25H31FN2O2S/c1-18-11-13-20(14-12-18)15-28(19(2)25(30)27-22-8-4-5-9-22)24(29)17-31-16-21-7-3-6-10-23(21)26/h3,6-7,10-14,19,22H,4-5,8-9,15-17H2,1-2H3,(H,27,30). The van der Waals surface area contributed by atoms with Crippen LogP contribution in [-0.4, -0.2) is 34.6 Å². The predicted octanol–water partition coefficient (Wildman–Crippen LogP) is 4.84. The van der Waals surface area contributed by atoms with Gasteiger partial charge in [-0.05, 0) is 43.9 Å². The second-order valence-electron chi connectivity index (χ2n) is 8.26. The fraction of sp³-hybridized carbons (Fsp3) is 0.440. The summed E-state index contributed by atoms with van der Waals surface area (Å²) in [6, 6.07) is 14.2. The third-order valence-electron chi connectivity index (χ3n) is 5.78. The van der Waals surface area contributed by atoms with Crippen LogP contribution in [0.5, 0.6) is 0 Å². The number of nitrogens with one attached hydrogen (secondary N) is 1. The molecule has 0 spiro atoms. The maximum absolute atomic E-state index is 13.9. The molecule has 1 aliphatic carbocycles. The van der Waals surface area contributed by atoms with Crippen molar-refractivity contribution in [2.75, 3.05) is 5.75 Å². The quantitative estimate of drug-likeness (QED) is 0.604. The minimum atomic E-state index is -0.566. The molecule has 0 saturated heterocycles. The Kier molecular flexibility index (Phi) is 8.52. The van der Waals surface area contributed by atoms with Crippen molar-refractivity contribution in [2.45, 2.75) is 63.9 Å². The van der Waals surface area contributed by atoms with Crippen LogP contribution in [0.4, 0.5) is 4.39 Å². The Bertz CT molecular complexity index is 881. The smallest absolute Gasteiger partial charge is 0.242 e. The first-order valence-electron chi connectivity index (χ1n) is 10.9. The maximum Gasteiger partial charge on any atom is 0.242 e. The molecule has 0 aliphatic heterocycles. The van der Waals surface area contributed by atoms with Gasteiger partial charge in [-0.3, -0.25) is 9.59 Å². The highest BCUT2D eigenvalue weighted by Crippen LogP contribution is 2.20. The molecular formula is C25H31FN2O2S. The number of amides is 2. The molecule has 1 fully saturated rings. The van der Waals surface area contributed by atoms with Crippen LogP contribution in [0.15, 0.2) is 48.5 Å². The molecule has 1 atom stereocenters. The Labute approximate surface area is 188 Å². The van der Waals surface area contributed by atoms with Gasteiger partial charge in [0.1, 0.15) is 11.9 Å². The summed E-state index contributed by atoms with van der Waals surface area (Å²) in [5.74, 6) is 0.131. The van der Waals surface area contributed by atoms with Crippen LogP contribution >= 0.6 is 11.8 Å². The molecule has 0 aromatic heterocycles. The number of halogens is 1. The lowest BCUT2D eigenvalue weighted by molar-refractivity contribution is -0.138. The van der Waals surface area contributed by atoms with Gasteiger partial charge in [0.15, 0.2) is 0 Å². The van der Waals surface area contributed by atoms with Crippen LogP contribution < -0.4 is 5.32 Å². The number of hydrogen-bond acceptors (Lipinski definition) is 3. The van der Waals surface area contributed by atoms with Crippen molar-refractivity contribution < 1.29 is 14.0 Å². The van der Waals surface area contributed by atoms with Gasteiger partial charge in [-0.25, -0.2) is 4.39 Å². The summed E-state index contributed by atoms with van der Waals surface area (Å²) in [5.41, 5.74) is 2.71. The Morgan fingerprint density at radius 3 is 2.48 bits per heavy atom. The molecule has 4 nitrogen and oxygen atoms in total.